The molecular weight excluding hydrogens is 394 g/mol. The fourth-order valence-electron chi connectivity index (χ4n) is 2.70. The Hall–Kier alpha value is -4.77. The molecule has 0 unspecified atom stereocenters. The summed E-state index contributed by atoms with van der Waals surface area (Å²) in [5.74, 6) is 5.10. The molecule has 3 heterocycles. The molecule has 0 saturated heterocycles. The van der Waals surface area contributed by atoms with Gasteiger partial charge in [-0.25, -0.2) is 4.98 Å². The average molecular weight is 409 g/mol. The Bertz CT molecular complexity index is 1290. The lowest BCUT2D eigenvalue weighted by atomic mass is 10.1. The number of carbonyl (C=O) groups is 2. The van der Waals surface area contributed by atoms with Gasteiger partial charge in [0.05, 0.1) is 11.9 Å². The number of rotatable bonds is 4. The number of carbonyl (C=O) groups excluding carboxylic acids is 2. The van der Waals surface area contributed by atoms with E-state index in [-0.39, 0.29) is 17.1 Å². The molecule has 3 N–H and O–H groups in total. The number of benzene rings is 1. The van der Waals surface area contributed by atoms with Crippen molar-refractivity contribution in [3.8, 4) is 23.1 Å². The van der Waals surface area contributed by atoms with Crippen LogP contribution in [0.5, 0.6) is 0 Å². The van der Waals surface area contributed by atoms with Gasteiger partial charge in [0, 0.05) is 40.7 Å². The third-order valence-corrected chi connectivity index (χ3v) is 4.21. The zero-order valence-corrected chi connectivity index (χ0v) is 16.1. The highest BCUT2D eigenvalue weighted by Gasteiger charge is 2.14. The summed E-state index contributed by atoms with van der Waals surface area (Å²) in [6.45, 7) is 0. The standard InChI is InChI=1S/C23H15N5O3/c24-22(29)18-12-19(27-21(13-18)28-23(30)20-9-11-26-31-20)17-7-5-15(6-8-17)3-4-16-2-1-10-25-14-16/h1-2,5-14H,(H2,24,29)(H,27,28,30). The SMILES string of the molecule is NC(=O)c1cc(NC(=O)c2ccno2)nc(-c2ccc(C#Cc3cccnc3)cc2)c1. The van der Waals surface area contributed by atoms with Crippen molar-refractivity contribution in [2.45, 2.75) is 0 Å². The number of anilines is 1. The van der Waals surface area contributed by atoms with Crippen molar-refractivity contribution < 1.29 is 14.1 Å². The maximum absolute atomic E-state index is 12.2. The number of nitrogens with two attached hydrogens (primary N) is 1. The Morgan fingerprint density at radius 1 is 0.968 bits per heavy atom. The predicted molar refractivity (Wildman–Crippen MR) is 113 cm³/mol. The summed E-state index contributed by atoms with van der Waals surface area (Å²) in [6.07, 6.45) is 4.73. The first-order chi connectivity index (χ1) is 15.1. The molecule has 0 atom stereocenters. The van der Waals surface area contributed by atoms with Gasteiger partial charge in [-0.2, -0.15) is 0 Å². The van der Waals surface area contributed by atoms with Crippen LogP contribution >= 0.6 is 0 Å². The molecule has 150 valence electrons. The molecule has 8 heteroatoms. The first-order valence-electron chi connectivity index (χ1n) is 9.15. The van der Waals surface area contributed by atoms with E-state index in [9.17, 15) is 9.59 Å². The number of nitrogens with zero attached hydrogens (tertiary/aromatic N) is 3. The largest absolute Gasteiger partial charge is 0.366 e. The molecule has 4 aromatic rings. The predicted octanol–water partition coefficient (Wildman–Crippen LogP) is 2.88. The van der Waals surface area contributed by atoms with E-state index in [0.717, 1.165) is 16.7 Å². The highest BCUT2D eigenvalue weighted by atomic mass is 16.5. The lowest BCUT2D eigenvalue weighted by Gasteiger charge is -2.08. The third-order valence-electron chi connectivity index (χ3n) is 4.21. The molecule has 0 bridgehead atoms. The first kappa shape index (κ1) is 19.5. The van der Waals surface area contributed by atoms with Gasteiger partial charge >= 0.3 is 0 Å². The van der Waals surface area contributed by atoms with Gasteiger partial charge in [-0.05, 0) is 36.4 Å². The second-order valence-electron chi connectivity index (χ2n) is 6.39. The van der Waals surface area contributed by atoms with Crippen LogP contribution in [0.15, 0.2) is 77.7 Å². The van der Waals surface area contributed by atoms with Crippen LogP contribution in [-0.2, 0) is 0 Å². The van der Waals surface area contributed by atoms with Crippen molar-refractivity contribution in [2.24, 2.45) is 5.73 Å². The molecule has 4 rings (SSSR count). The molecule has 0 aliphatic heterocycles. The molecule has 0 saturated carbocycles. The normalized spacial score (nSPS) is 10.1. The summed E-state index contributed by atoms with van der Waals surface area (Å²) in [6, 6.07) is 15.4. The Morgan fingerprint density at radius 2 is 1.77 bits per heavy atom. The molecule has 31 heavy (non-hydrogen) atoms. The monoisotopic (exact) mass is 409 g/mol. The maximum atomic E-state index is 12.2. The van der Waals surface area contributed by atoms with E-state index in [1.165, 1.54) is 18.3 Å². The van der Waals surface area contributed by atoms with Crippen molar-refractivity contribution in [2.75, 3.05) is 5.32 Å². The highest BCUT2D eigenvalue weighted by Crippen LogP contribution is 2.22. The highest BCUT2D eigenvalue weighted by molar-refractivity contribution is 6.02. The van der Waals surface area contributed by atoms with E-state index in [4.69, 9.17) is 10.3 Å². The number of aromatic nitrogens is 3. The van der Waals surface area contributed by atoms with Gasteiger partial charge in [0.25, 0.3) is 5.91 Å². The van der Waals surface area contributed by atoms with Crippen LogP contribution < -0.4 is 11.1 Å². The summed E-state index contributed by atoms with van der Waals surface area (Å²) in [7, 11) is 0. The number of nitrogens with one attached hydrogen (secondary N) is 1. The van der Waals surface area contributed by atoms with E-state index < -0.39 is 11.8 Å². The lowest BCUT2D eigenvalue weighted by molar-refractivity contribution is 0.0982. The van der Waals surface area contributed by atoms with Gasteiger partial charge in [0.1, 0.15) is 5.82 Å². The van der Waals surface area contributed by atoms with Gasteiger partial charge in [-0.15, -0.1) is 0 Å². The number of hydrogen-bond donors (Lipinski definition) is 2. The van der Waals surface area contributed by atoms with Crippen molar-refractivity contribution >= 4 is 17.6 Å². The van der Waals surface area contributed by atoms with Gasteiger partial charge in [-0.3, -0.25) is 14.6 Å². The summed E-state index contributed by atoms with van der Waals surface area (Å²) in [5.41, 5.74) is 8.46. The van der Waals surface area contributed by atoms with E-state index in [2.05, 4.69) is 32.3 Å². The Morgan fingerprint density at radius 3 is 2.45 bits per heavy atom. The zero-order valence-electron chi connectivity index (χ0n) is 16.1. The Balaban J connectivity index is 1.61. The van der Waals surface area contributed by atoms with E-state index in [1.54, 1.807) is 18.5 Å². The maximum Gasteiger partial charge on any atom is 0.295 e. The quantitative estimate of drug-likeness (QED) is 0.500. The van der Waals surface area contributed by atoms with E-state index >= 15 is 0 Å². The topological polar surface area (TPSA) is 124 Å². The van der Waals surface area contributed by atoms with Crippen LogP contribution in [0.3, 0.4) is 0 Å². The minimum Gasteiger partial charge on any atom is -0.366 e. The van der Waals surface area contributed by atoms with Crippen LogP contribution in [0.25, 0.3) is 11.3 Å². The smallest absolute Gasteiger partial charge is 0.295 e. The van der Waals surface area contributed by atoms with Crippen molar-refractivity contribution in [1.29, 1.82) is 0 Å². The van der Waals surface area contributed by atoms with Crippen molar-refractivity contribution in [1.82, 2.24) is 15.1 Å². The Kier molecular flexibility index (Phi) is 5.49. The third kappa shape index (κ3) is 4.81. The minimum atomic E-state index is -0.641. The lowest BCUT2D eigenvalue weighted by Crippen LogP contribution is -2.15. The molecule has 1 aromatic carbocycles. The molecule has 0 aliphatic carbocycles. The summed E-state index contributed by atoms with van der Waals surface area (Å²) in [4.78, 5) is 32.4. The summed E-state index contributed by atoms with van der Waals surface area (Å²) in [5, 5.41) is 6.07. The average Bonchev–Trinajstić information content (AvgIpc) is 3.34. The van der Waals surface area contributed by atoms with E-state index in [0.29, 0.717) is 5.69 Å². The van der Waals surface area contributed by atoms with Crippen LogP contribution in [0.1, 0.15) is 32.0 Å². The van der Waals surface area contributed by atoms with Crippen LogP contribution in [-0.4, -0.2) is 26.9 Å². The Labute approximate surface area is 177 Å². The van der Waals surface area contributed by atoms with Crippen molar-refractivity contribution in [3.63, 3.8) is 0 Å². The van der Waals surface area contributed by atoms with Crippen LogP contribution in [0, 0.1) is 11.8 Å². The molecule has 0 fully saturated rings. The zero-order chi connectivity index (χ0) is 21.6. The van der Waals surface area contributed by atoms with Gasteiger partial charge in [-0.1, -0.05) is 29.1 Å². The second kappa shape index (κ2) is 8.71. The first-order valence-corrected chi connectivity index (χ1v) is 9.15. The minimum absolute atomic E-state index is 0.0179. The summed E-state index contributed by atoms with van der Waals surface area (Å²) >= 11 is 0. The number of primary amides is 1. The van der Waals surface area contributed by atoms with Crippen molar-refractivity contribution in [3.05, 3.63) is 95.6 Å². The van der Waals surface area contributed by atoms with Crippen LogP contribution in [0.4, 0.5) is 5.82 Å². The molecule has 8 nitrogen and oxygen atoms in total. The number of amides is 2. The van der Waals surface area contributed by atoms with Gasteiger partial charge in [0.2, 0.25) is 11.7 Å². The number of hydrogen-bond acceptors (Lipinski definition) is 6. The molecule has 3 aromatic heterocycles. The van der Waals surface area contributed by atoms with Gasteiger partial charge < -0.3 is 15.6 Å². The fraction of sp³-hybridized carbons (Fsp3) is 0. The molecule has 0 radical (unpaired) electrons. The molecule has 0 aliphatic rings. The number of pyridine rings is 2. The van der Waals surface area contributed by atoms with Crippen LogP contribution in [0.2, 0.25) is 0 Å². The second-order valence-corrected chi connectivity index (χ2v) is 6.39. The van der Waals surface area contributed by atoms with E-state index in [1.807, 2.05) is 36.4 Å². The molecule has 0 spiro atoms. The van der Waals surface area contributed by atoms with Gasteiger partial charge in [0.15, 0.2) is 0 Å². The fourth-order valence-corrected chi connectivity index (χ4v) is 2.70. The molecular formula is C23H15N5O3. The summed E-state index contributed by atoms with van der Waals surface area (Å²) < 4.78 is 4.83. The molecule has 2 amide bonds.